The number of benzene rings is 1. The van der Waals surface area contributed by atoms with Crippen LogP contribution >= 0.6 is 17.0 Å². The summed E-state index contributed by atoms with van der Waals surface area (Å²) in [5.41, 5.74) is -0.636. The lowest BCUT2D eigenvalue weighted by Crippen LogP contribution is -2.17. The van der Waals surface area contributed by atoms with Gasteiger partial charge in [0.05, 0.1) is 12.7 Å². The van der Waals surface area contributed by atoms with Gasteiger partial charge in [0.1, 0.15) is 0 Å². The molecule has 0 aromatic heterocycles. The highest BCUT2D eigenvalue weighted by atomic mass is 79.9. The molecule has 0 spiro atoms. The van der Waals surface area contributed by atoms with Crippen molar-refractivity contribution in [1.29, 1.82) is 0 Å². The highest BCUT2D eigenvalue weighted by molar-refractivity contribution is 8.93. The lowest BCUT2D eigenvalue weighted by atomic mass is 9.97. The van der Waals surface area contributed by atoms with Crippen LogP contribution in [0.1, 0.15) is 19.4 Å². The molecule has 1 N–H and O–H groups in total. The Morgan fingerprint density at radius 3 is 2.29 bits per heavy atom. The summed E-state index contributed by atoms with van der Waals surface area (Å²) in [6, 6.07) is 4.49. The van der Waals surface area contributed by atoms with Crippen molar-refractivity contribution in [3.05, 3.63) is 29.6 Å². The minimum Gasteiger partial charge on any atom is -0.493 e. The van der Waals surface area contributed by atoms with E-state index < -0.39 is 11.4 Å². The Hall–Kier alpha value is -0.610. The summed E-state index contributed by atoms with van der Waals surface area (Å²) in [6.45, 7) is 3.18. The Morgan fingerprint density at radius 1 is 1.36 bits per heavy atom. The summed E-state index contributed by atoms with van der Waals surface area (Å²) >= 11 is 0. The third kappa shape index (κ3) is 2.69. The fourth-order valence-corrected chi connectivity index (χ4v) is 1.20. The van der Waals surface area contributed by atoms with E-state index in [2.05, 4.69) is 0 Å². The van der Waals surface area contributed by atoms with Gasteiger partial charge >= 0.3 is 0 Å². The van der Waals surface area contributed by atoms with Crippen LogP contribution in [0.25, 0.3) is 0 Å². The van der Waals surface area contributed by atoms with Crippen LogP contribution in [-0.4, -0.2) is 12.2 Å². The van der Waals surface area contributed by atoms with Gasteiger partial charge in [-0.1, -0.05) is 12.1 Å². The normalized spacial score (nSPS) is 10.6. The number of hydrogen-bond acceptors (Lipinski definition) is 2. The Bertz CT molecular complexity index is 307. The first-order valence-corrected chi connectivity index (χ1v) is 4.02. The summed E-state index contributed by atoms with van der Waals surface area (Å²) in [7, 11) is 1.38. The highest BCUT2D eigenvalue weighted by Gasteiger charge is 2.22. The lowest BCUT2D eigenvalue weighted by molar-refractivity contribution is 0.0749. The largest absolute Gasteiger partial charge is 0.493 e. The molecule has 80 valence electrons. The zero-order valence-electron chi connectivity index (χ0n) is 8.37. The molecular weight excluding hydrogens is 251 g/mol. The topological polar surface area (TPSA) is 29.5 Å². The van der Waals surface area contributed by atoms with E-state index in [0.717, 1.165) is 0 Å². The van der Waals surface area contributed by atoms with Gasteiger partial charge in [-0.3, -0.25) is 0 Å². The molecule has 0 saturated heterocycles. The molecule has 0 saturated carbocycles. The van der Waals surface area contributed by atoms with Gasteiger partial charge in [-0.15, -0.1) is 17.0 Å². The van der Waals surface area contributed by atoms with Gasteiger partial charge in [-0.25, -0.2) is 4.39 Å². The Labute approximate surface area is 93.5 Å². The molecule has 0 heterocycles. The molecule has 0 atom stereocenters. The predicted octanol–water partition coefficient (Wildman–Crippen LogP) is 2.64. The van der Waals surface area contributed by atoms with Crippen LogP contribution < -0.4 is 4.74 Å². The molecule has 4 heteroatoms. The van der Waals surface area contributed by atoms with E-state index in [1.54, 1.807) is 26.0 Å². The van der Waals surface area contributed by atoms with Crippen LogP contribution in [0.5, 0.6) is 5.75 Å². The number of rotatable bonds is 2. The summed E-state index contributed by atoms with van der Waals surface area (Å²) in [5, 5.41) is 9.68. The minimum absolute atomic E-state index is 0. The molecule has 0 aliphatic heterocycles. The van der Waals surface area contributed by atoms with E-state index in [0.29, 0.717) is 5.56 Å². The average Bonchev–Trinajstić information content (AvgIpc) is 2.02. The van der Waals surface area contributed by atoms with Crippen LogP contribution in [0.3, 0.4) is 0 Å². The molecule has 2 nitrogen and oxygen atoms in total. The van der Waals surface area contributed by atoms with Crippen molar-refractivity contribution in [3.8, 4) is 5.75 Å². The molecule has 14 heavy (non-hydrogen) atoms. The fraction of sp³-hybridized carbons (Fsp3) is 0.400. The van der Waals surface area contributed by atoms with Crippen molar-refractivity contribution >= 4 is 17.0 Å². The van der Waals surface area contributed by atoms with Crippen LogP contribution in [0.4, 0.5) is 4.39 Å². The van der Waals surface area contributed by atoms with Crippen molar-refractivity contribution < 1.29 is 14.2 Å². The first kappa shape index (κ1) is 13.4. The van der Waals surface area contributed by atoms with Gasteiger partial charge in [0.15, 0.2) is 11.6 Å². The van der Waals surface area contributed by atoms with Gasteiger partial charge in [0.25, 0.3) is 0 Å². The summed E-state index contributed by atoms with van der Waals surface area (Å²) in [6.07, 6.45) is 0. The van der Waals surface area contributed by atoms with Crippen molar-refractivity contribution in [2.45, 2.75) is 19.4 Å². The van der Waals surface area contributed by atoms with Crippen LogP contribution in [0, 0.1) is 5.82 Å². The number of methoxy groups -OCH3 is 1. The van der Waals surface area contributed by atoms with E-state index in [1.807, 2.05) is 0 Å². The van der Waals surface area contributed by atoms with Crippen molar-refractivity contribution in [1.82, 2.24) is 0 Å². The molecule has 0 unspecified atom stereocenters. The minimum atomic E-state index is -1.09. The average molecular weight is 265 g/mol. The van der Waals surface area contributed by atoms with Gasteiger partial charge in [0, 0.05) is 5.56 Å². The Morgan fingerprint density at radius 2 is 1.93 bits per heavy atom. The molecule has 1 aromatic rings. The van der Waals surface area contributed by atoms with Crippen LogP contribution in [0.15, 0.2) is 18.2 Å². The lowest BCUT2D eigenvalue weighted by Gasteiger charge is -2.20. The second-order valence-electron chi connectivity index (χ2n) is 3.38. The number of hydrogen-bond donors (Lipinski definition) is 1. The van der Waals surface area contributed by atoms with Gasteiger partial charge in [-0.05, 0) is 19.9 Å². The maximum absolute atomic E-state index is 13.1. The predicted molar refractivity (Wildman–Crippen MR) is 58.5 cm³/mol. The third-order valence-electron chi connectivity index (χ3n) is 1.83. The molecule has 0 radical (unpaired) electrons. The maximum Gasteiger partial charge on any atom is 0.165 e. The van der Waals surface area contributed by atoms with Crippen molar-refractivity contribution in [2.24, 2.45) is 0 Å². The SMILES string of the molecule is Br.COc1c(F)cccc1C(C)(C)O. The van der Waals surface area contributed by atoms with E-state index in [1.165, 1.54) is 13.2 Å². The zero-order chi connectivity index (χ0) is 10.1. The highest BCUT2D eigenvalue weighted by Crippen LogP contribution is 2.31. The molecular formula is C10H14BrFO2. The zero-order valence-corrected chi connectivity index (χ0v) is 10.1. The maximum atomic E-state index is 13.1. The van der Waals surface area contributed by atoms with E-state index in [4.69, 9.17) is 4.74 Å². The standard InChI is InChI=1S/C10H13FO2.BrH/c1-10(2,12)7-5-4-6-8(11)9(7)13-3;/h4-6,12H,1-3H3;1H. The van der Waals surface area contributed by atoms with E-state index in [9.17, 15) is 9.50 Å². The molecule has 0 aliphatic rings. The van der Waals surface area contributed by atoms with Crippen LogP contribution in [0.2, 0.25) is 0 Å². The molecule has 0 bridgehead atoms. The molecule has 1 aromatic carbocycles. The van der Waals surface area contributed by atoms with Crippen molar-refractivity contribution in [2.75, 3.05) is 7.11 Å². The summed E-state index contributed by atoms with van der Waals surface area (Å²) in [4.78, 5) is 0. The first-order chi connectivity index (χ1) is 5.96. The number of ether oxygens (including phenoxy) is 1. The van der Waals surface area contributed by atoms with Crippen molar-refractivity contribution in [3.63, 3.8) is 0 Å². The first-order valence-electron chi connectivity index (χ1n) is 4.02. The Balaban J connectivity index is 0.00000169. The van der Waals surface area contributed by atoms with E-state index >= 15 is 0 Å². The quantitative estimate of drug-likeness (QED) is 0.890. The second kappa shape index (κ2) is 4.75. The molecule has 1 rings (SSSR count). The third-order valence-corrected chi connectivity index (χ3v) is 1.83. The summed E-state index contributed by atoms with van der Waals surface area (Å²) in [5.74, 6) is -0.350. The van der Waals surface area contributed by atoms with Gasteiger partial charge in [0.2, 0.25) is 0 Å². The van der Waals surface area contributed by atoms with Gasteiger partial charge in [-0.2, -0.15) is 0 Å². The Kier molecular flexibility index (Phi) is 4.55. The number of para-hydroxylation sites is 1. The smallest absolute Gasteiger partial charge is 0.165 e. The van der Waals surface area contributed by atoms with Gasteiger partial charge < -0.3 is 9.84 Å². The monoisotopic (exact) mass is 264 g/mol. The number of aliphatic hydroxyl groups is 1. The molecule has 0 aliphatic carbocycles. The molecule has 0 amide bonds. The van der Waals surface area contributed by atoms with E-state index in [-0.39, 0.29) is 22.7 Å². The fourth-order valence-electron chi connectivity index (χ4n) is 1.20. The van der Waals surface area contributed by atoms with Crippen LogP contribution in [-0.2, 0) is 5.60 Å². The summed E-state index contributed by atoms with van der Waals surface area (Å²) < 4.78 is 18.0. The second-order valence-corrected chi connectivity index (χ2v) is 3.38. The number of halogens is 2. The molecule has 0 fully saturated rings.